The molecule has 0 radical (unpaired) electrons. The summed E-state index contributed by atoms with van der Waals surface area (Å²) < 4.78 is 0. The molecular weight excluding hydrogens is 256 g/mol. The van der Waals surface area contributed by atoms with Crippen molar-refractivity contribution < 1.29 is 0 Å². The normalized spacial score (nSPS) is 12.0. The van der Waals surface area contributed by atoms with Crippen molar-refractivity contribution in [3.63, 3.8) is 0 Å². The Hall–Kier alpha value is -0.570. The molecule has 0 nitrogen and oxygen atoms in total. The molecule has 84 valence electrons. The van der Waals surface area contributed by atoms with Gasteiger partial charge in [0.05, 0.1) is 0 Å². The van der Waals surface area contributed by atoms with Gasteiger partial charge in [-0.05, 0) is 35.4 Å². The van der Waals surface area contributed by atoms with Crippen LogP contribution in [0.5, 0.6) is 0 Å². The average molecular weight is 269 g/mol. The number of alkyl halides is 1. The highest BCUT2D eigenvalue weighted by molar-refractivity contribution is 7.15. The van der Waals surface area contributed by atoms with Gasteiger partial charge in [-0.25, -0.2) is 0 Å². The molecule has 0 N–H and O–H groups in total. The first-order valence-corrected chi connectivity index (χ1v) is 7.50. The molecule has 16 heavy (non-hydrogen) atoms. The van der Waals surface area contributed by atoms with E-state index >= 15 is 0 Å². The lowest BCUT2D eigenvalue weighted by atomic mass is 10.2. The topological polar surface area (TPSA) is 0 Å². The van der Waals surface area contributed by atoms with Gasteiger partial charge >= 0.3 is 0 Å². The fourth-order valence-electron chi connectivity index (χ4n) is 1.44. The molecule has 0 aromatic carbocycles. The Balaban J connectivity index is 2.23. The van der Waals surface area contributed by atoms with E-state index in [2.05, 4.69) is 42.0 Å². The number of allylic oxidation sites excluding steroid dienone is 1. The first kappa shape index (κ1) is 11.9. The molecule has 0 aliphatic heterocycles. The van der Waals surface area contributed by atoms with Crippen molar-refractivity contribution in [1.82, 2.24) is 0 Å². The summed E-state index contributed by atoms with van der Waals surface area (Å²) in [7, 11) is 0. The third-order valence-corrected chi connectivity index (χ3v) is 4.54. The molecular formula is C13H13ClS2. The molecule has 3 heteroatoms. The molecule has 2 aromatic heterocycles. The smallest absolute Gasteiger partial charge is 0.0437 e. The largest absolute Gasteiger partial charge is 0.144 e. The van der Waals surface area contributed by atoms with Crippen molar-refractivity contribution >= 4 is 40.4 Å². The highest BCUT2D eigenvalue weighted by Crippen LogP contribution is 2.30. The maximum atomic E-state index is 5.86. The van der Waals surface area contributed by atoms with E-state index < -0.39 is 0 Å². The van der Waals surface area contributed by atoms with Gasteiger partial charge in [-0.1, -0.05) is 18.6 Å². The summed E-state index contributed by atoms with van der Waals surface area (Å²) in [6.07, 6.45) is 3.23. The van der Waals surface area contributed by atoms with Crippen LogP contribution in [0.2, 0.25) is 0 Å². The summed E-state index contributed by atoms with van der Waals surface area (Å²) in [6.45, 7) is 2.14. The minimum absolute atomic E-state index is 0.628. The molecule has 2 heterocycles. The fraction of sp³-hybridized carbons (Fsp3) is 0.231. The van der Waals surface area contributed by atoms with E-state index in [1.54, 1.807) is 22.7 Å². The van der Waals surface area contributed by atoms with Crippen LogP contribution in [0.3, 0.4) is 0 Å². The molecule has 0 saturated heterocycles. The molecule has 0 aliphatic rings. The van der Waals surface area contributed by atoms with Gasteiger partial charge in [-0.3, -0.25) is 0 Å². The van der Waals surface area contributed by atoms with Gasteiger partial charge in [0.15, 0.2) is 0 Å². The summed E-state index contributed by atoms with van der Waals surface area (Å²) in [5, 5.41) is 4.32. The van der Waals surface area contributed by atoms with Gasteiger partial charge in [0.25, 0.3) is 0 Å². The molecule has 0 spiro atoms. The Bertz CT molecular complexity index is 460. The summed E-state index contributed by atoms with van der Waals surface area (Å²) in [5.74, 6) is 0.628. The molecule has 0 bridgehead atoms. The lowest BCUT2D eigenvalue weighted by Gasteiger charge is -1.95. The minimum Gasteiger partial charge on any atom is -0.144 e. The average Bonchev–Trinajstić information content (AvgIpc) is 2.96. The predicted octanol–water partition coefficient (Wildman–Crippen LogP) is 5.51. The van der Waals surface area contributed by atoms with E-state index in [4.69, 9.17) is 11.6 Å². The summed E-state index contributed by atoms with van der Waals surface area (Å²) in [4.78, 5) is 2.63. The van der Waals surface area contributed by atoms with Crippen molar-refractivity contribution in [2.45, 2.75) is 13.3 Å². The van der Waals surface area contributed by atoms with Crippen molar-refractivity contribution in [2.24, 2.45) is 0 Å². The third-order valence-electron chi connectivity index (χ3n) is 2.40. The van der Waals surface area contributed by atoms with Crippen molar-refractivity contribution in [3.8, 4) is 10.4 Å². The van der Waals surface area contributed by atoms with Crippen LogP contribution in [0.4, 0.5) is 0 Å². The fourth-order valence-corrected chi connectivity index (χ4v) is 3.38. The molecule has 2 aromatic rings. The van der Waals surface area contributed by atoms with Crippen LogP contribution in [0.25, 0.3) is 16.5 Å². The second kappa shape index (κ2) is 5.67. The first-order valence-electron chi connectivity index (χ1n) is 5.21. The van der Waals surface area contributed by atoms with Crippen LogP contribution >= 0.6 is 34.3 Å². The van der Waals surface area contributed by atoms with Gasteiger partial charge in [0.1, 0.15) is 0 Å². The van der Waals surface area contributed by atoms with Crippen LogP contribution in [0.15, 0.2) is 34.5 Å². The standard InChI is InChI=1S/C13H13ClS2/c1-2-10(8-14)6-12-7-11(9-16-12)13-4-3-5-15-13/h3-7,9H,2,8H2,1H3. The van der Waals surface area contributed by atoms with Gasteiger partial charge in [-0.2, -0.15) is 0 Å². The highest BCUT2D eigenvalue weighted by Gasteiger charge is 2.02. The van der Waals surface area contributed by atoms with Crippen LogP contribution in [0.1, 0.15) is 18.2 Å². The monoisotopic (exact) mass is 268 g/mol. The van der Waals surface area contributed by atoms with Gasteiger partial charge in [0.2, 0.25) is 0 Å². The quantitative estimate of drug-likeness (QED) is 0.642. The van der Waals surface area contributed by atoms with E-state index in [1.807, 2.05) is 0 Å². The first-order chi connectivity index (χ1) is 7.83. The van der Waals surface area contributed by atoms with E-state index in [0.29, 0.717) is 5.88 Å². The van der Waals surface area contributed by atoms with Crippen molar-refractivity contribution in [3.05, 3.63) is 39.4 Å². The SMILES string of the molecule is CCC(=Cc1cc(-c2cccs2)cs1)CCl. The van der Waals surface area contributed by atoms with Crippen LogP contribution in [0, 0.1) is 0 Å². The minimum atomic E-state index is 0.628. The van der Waals surface area contributed by atoms with Gasteiger partial charge in [-0.15, -0.1) is 34.3 Å². The summed E-state index contributed by atoms with van der Waals surface area (Å²) in [5.41, 5.74) is 2.61. The maximum absolute atomic E-state index is 5.86. The van der Waals surface area contributed by atoms with Crippen molar-refractivity contribution in [1.29, 1.82) is 0 Å². The zero-order valence-electron chi connectivity index (χ0n) is 9.07. The zero-order valence-corrected chi connectivity index (χ0v) is 11.5. The highest BCUT2D eigenvalue weighted by atomic mass is 35.5. The summed E-state index contributed by atoms with van der Waals surface area (Å²) in [6, 6.07) is 6.48. The Morgan fingerprint density at radius 3 is 2.94 bits per heavy atom. The Morgan fingerprint density at radius 2 is 2.31 bits per heavy atom. The third kappa shape index (κ3) is 2.76. The Morgan fingerprint density at radius 1 is 1.44 bits per heavy atom. The van der Waals surface area contributed by atoms with Gasteiger partial charge in [0, 0.05) is 21.2 Å². The lowest BCUT2D eigenvalue weighted by molar-refractivity contribution is 1.12. The van der Waals surface area contributed by atoms with E-state index in [1.165, 1.54) is 20.9 Å². The van der Waals surface area contributed by atoms with Crippen LogP contribution in [-0.2, 0) is 0 Å². The second-order valence-corrected chi connectivity index (χ2v) is 5.66. The molecule has 0 atom stereocenters. The molecule has 0 unspecified atom stereocenters. The van der Waals surface area contributed by atoms with E-state index in [9.17, 15) is 0 Å². The molecule has 0 aliphatic carbocycles. The number of halogens is 1. The molecule has 2 rings (SSSR count). The summed E-state index contributed by atoms with van der Waals surface area (Å²) >= 11 is 9.42. The number of hydrogen-bond donors (Lipinski definition) is 0. The maximum Gasteiger partial charge on any atom is 0.0437 e. The Labute approximate surface area is 109 Å². The molecule has 0 amide bonds. The number of hydrogen-bond acceptors (Lipinski definition) is 2. The number of thiophene rings is 2. The predicted molar refractivity (Wildman–Crippen MR) is 76.6 cm³/mol. The molecule has 0 fully saturated rings. The van der Waals surface area contributed by atoms with Gasteiger partial charge < -0.3 is 0 Å². The van der Waals surface area contributed by atoms with Crippen LogP contribution in [-0.4, -0.2) is 5.88 Å². The van der Waals surface area contributed by atoms with Crippen molar-refractivity contribution in [2.75, 3.05) is 5.88 Å². The van der Waals surface area contributed by atoms with Crippen LogP contribution < -0.4 is 0 Å². The van der Waals surface area contributed by atoms with E-state index in [-0.39, 0.29) is 0 Å². The van der Waals surface area contributed by atoms with E-state index in [0.717, 1.165) is 6.42 Å². The zero-order chi connectivity index (χ0) is 11.4. The Kier molecular flexibility index (Phi) is 4.22. The lowest BCUT2D eigenvalue weighted by Crippen LogP contribution is -1.79. The second-order valence-electron chi connectivity index (χ2n) is 3.50. The number of rotatable bonds is 4. The molecule has 0 saturated carbocycles.